The number of halogens is 1. The number of benzene rings is 2. The Bertz CT molecular complexity index is 902. The molecule has 3 heteroatoms. The fourth-order valence-corrected chi connectivity index (χ4v) is 2.98. The number of nitrogens with zero attached hydrogens (tertiary/aromatic N) is 2. The van der Waals surface area contributed by atoms with Crippen molar-refractivity contribution in [3.63, 3.8) is 0 Å². The van der Waals surface area contributed by atoms with Crippen LogP contribution in [0.1, 0.15) is 28.1 Å². The van der Waals surface area contributed by atoms with Crippen LogP contribution < -0.4 is 0 Å². The predicted octanol–water partition coefficient (Wildman–Crippen LogP) is 6.11. The Labute approximate surface area is 148 Å². The Morgan fingerprint density at radius 2 is 1.58 bits per heavy atom. The lowest BCUT2D eigenvalue weighted by Crippen LogP contribution is -2.00. The van der Waals surface area contributed by atoms with Crippen LogP contribution in [0.2, 0.25) is 5.02 Å². The third-order valence-corrected chi connectivity index (χ3v) is 4.65. The van der Waals surface area contributed by atoms with Gasteiger partial charge in [0.2, 0.25) is 0 Å². The molecule has 3 rings (SSSR count). The van der Waals surface area contributed by atoms with Crippen LogP contribution in [-0.2, 0) is 0 Å². The average Bonchev–Trinajstić information content (AvgIpc) is 2.84. The van der Waals surface area contributed by atoms with Gasteiger partial charge in [0.25, 0.3) is 0 Å². The number of rotatable bonds is 3. The SMILES string of the molecule is Cc1ccc(-n2c(C)cc(C=Nc3ccc(Cl)cc3)c2C)cc1C. The fraction of sp³-hybridized carbons (Fsp3) is 0.190. The highest BCUT2D eigenvalue weighted by molar-refractivity contribution is 6.30. The second kappa shape index (κ2) is 6.66. The molecule has 2 nitrogen and oxygen atoms in total. The molecule has 2 aromatic carbocycles. The molecule has 122 valence electrons. The Balaban J connectivity index is 1.97. The van der Waals surface area contributed by atoms with Gasteiger partial charge in [0.15, 0.2) is 0 Å². The number of aliphatic imine (C=N–C) groups is 1. The molecule has 0 aliphatic carbocycles. The van der Waals surface area contributed by atoms with Gasteiger partial charge in [0, 0.05) is 33.9 Å². The summed E-state index contributed by atoms with van der Waals surface area (Å²) in [7, 11) is 0. The van der Waals surface area contributed by atoms with Gasteiger partial charge in [-0.3, -0.25) is 4.99 Å². The van der Waals surface area contributed by atoms with E-state index in [1.165, 1.54) is 28.2 Å². The van der Waals surface area contributed by atoms with Crippen molar-refractivity contribution in [1.82, 2.24) is 4.57 Å². The second-order valence-electron chi connectivity index (χ2n) is 6.17. The number of aromatic nitrogens is 1. The summed E-state index contributed by atoms with van der Waals surface area (Å²) in [6.07, 6.45) is 1.92. The van der Waals surface area contributed by atoms with Gasteiger partial charge in [0.1, 0.15) is 0 Å². The van der Waals surface area contributed by atoms with E-state index in [4.69, 9.17) is 11.6 Å². The van der Waals surface area contributed by atoms with Gasteiger partial charge in [0.05, 0.1) is 5.69 Å². The lowest BCUT2D eigenvalue weighted by Gasteiger charge is -2.11. The van der Waals surface area contributed by atoms with Crippen LogP contribution in [0.5, 0.6) is 0 Å². The Kier molecular flexibility index (Phi) is 4.59. The van der Waals surface area contributed by atoms with E-state index in [9.17, 15) is 0 Å². The van der Waals surface area contributed by atoms with Crippen molar-refractivity contribution in [2.75, 3.05) is 0 Å². The zero-order chi connectivity index (χ0) is 17.3. The van der Waals surface area contributed by atoms with E-state index in [0.717, 1.165) is 16.3 Å². The summed E-state index contributed by atoms with van der Waals surface area (Å²) >= 11 is 5.91. The van der Waals surface area contributed by atoms with E-state index in [1.807, 2.05) is 30.5 Å². The first-order valence-corrected chi connectivity index (χ1v) is 8.39. The first kappa shape index (κ1) is 16.5. The molecule has 0 aliphatic rings. The maximum absolute atomic E-state index is 5.91. The molecule has 0 atom stereocenters. The summed E-state index contributed by atoms with van der Waals surface area (Å²) in [4.78, 5) is 4.56. The maximum atomic E-state index is 5.91. The average molecular weight is 337 g/mol. The summed E-state index contributed by atoms with van der Waals surface area (Å²) in [6.45, 7) is 8.54. The molecule has 0 spiro atoms. The lowest BCUT2D eigenvalue weighted by molar-refractivity contribution is 0.961. The highest BCUT2D eigenvalue weighted by atomic mass is 35.5. The summed E-state index contributed by atoms with van der Waals surface area (Å²) in [5.41, 5.74) is 8.22. The van der Waals surface area contributed by atoms with Gasteiger partial charge >= 0.3 is 0 Å². The molecule has 0 radical (unpaired) electrons. The van der Waals surface area contributed by atoms with Crippen LogP contribution in [0.3, 0.4) is 0 Å². The molecular formula is C21H21ClN2. The minimum absolute atomic E-state index is 0.724. The van der Waals surface area contributed by atoms with Crippen molar-refractivity contribution < 1.29 is 0 Å². The molecule has 3 aromatic rings. The number of hydrogen-bond acceptors (Lipinski definition) is 1. The monoisotopic (exact) mass is 336 g/mol. The predicted molar refractivity (Wildman–Crippen MR) is 103 cm³/mol. The van der Waals surface area contributed by atoms with Crippen molar-refractivity contribution in [3.8, 4) is 5.69 Å². The third kappa shape index (κ3) is 3.29. The minimum atomic E-state index is 0.724. The molecular weight excluding hydrogens is 316 g/mol. The smallest absolute Gasteiger partial charge is 0.0630 e. The van der Waals surface area contributed by atoms with Gasteiger partial charge in [-0.2, -0.15) is 0 Å². The van der Waals surface area contributed by atoms with Crippen LogP contribution in [0.25, 0.3) is 5.69 Å². The van der Waals surface area contributed by atoms with E-state index in [0.29, 0.717) is 0 Å². The number of hydrogen-bond donors (Lipinski definition) is 0. The first-order chi connectivity index (χ1) is 11.5. The lowest BCUT2D eigenvalue weighted by atomic mass is 10.1. The molecule has 0 N–H and O–H groups in total. The van der Waals surface area contributed by atoms with Crippen LogP contribution in [0, 0.1) is 27.7 Å². The highest BCUT2D eigenvalue weighted by Crippen LogP contribution is 2.23. The van der Waals surface area contributed by atoms with Gasteiger partial charge < -0.3 is 4.57 Å². The molecule has 24 heavy (non-hydrogen) atoms. The molecule has 0 fully saturated rings. The zero-order valence-corrected chi connectivity index (χ0v) is 15.2. The topological polar surface area (TPSA) is 17.3 Å². The summed E-state index contributed by atoms with van der Waals surface area (Å²) in [6, 6.07) is 16.3. The van der Waals surface area contributed by atoms with Crippen LogP contribution in [0.15, 0.2) is 53.5 Å². The molecule has 0 amide bonds. The Morgan fingerprint density at radius 1 is 0.875 bits per heavy atom. The van der Waals surface area contributed by atoms with E-state index in [2.05, 4.69) is 61.5 Å². The van der Waals surface area contributed by atoms with Crippen molar-refractivity contribution in [1.29, 1.82) is 0 Å². The highest BCUT2D eigenvalue weighted by Gasteiger charge is 2.10. The normalized spacial score (nSPS) is 11.4. The van der Waals surface area contributed by atoms with Crippen molar-refractivity contribution in [3.05, 3.63) is 81.6 Å². The molecule has 1 heterocycles. The molecule has 0 unspecified atom stereocenters. The van der Waals surface area contributed by atoms with Gasteiger partial charge in [-0.05, 0) is 81.3 Å². The quantitative estimate of drug-likeness (QED) is 0.513. The maximum Gasteiger partial charge on any atom is 0.0630 e. The van der Waals surface area contributed by atoms with E-state index in [1.54, 1.807) is 0 Å². The van der Waals surface area contributed by atoms with Crippen molar-refractivity contribution in [2.45, 2.75) is 27.7 Å². The van der Waals surface area contributed by atoms with Crippen molar-refractivity contribution >= 4 is 23.5 Å². The zero-order valence-electron chi connectivity index (χ0n) is 14.5. The molecule has 0 saturated carbocycles. The first-order valence-electron chi connectivity index (χ1n) is 8.02. The standard InChI is InChI=1S/C21H21ClN2/c1-14-5-10-21(11-15(14)2)24-16(3)12-18(17(24)4)13-23-20-8-6-19(22)7-9-20/h5-13H,1-4H3. The molecule has 1 aromatic heterocycles. The Hall–Kier alpha value is -2.32. The molecule has 0 bridgehead atoms. The number of aryl methyl sites for hydroxylation is 3. The van der Waals surface area contributed by atoms with Crippen LogP contribution in [-0.4, -0.2) is 10.8 Å². The van der Waals surface area contributed by atoms with Gasteiger partial charge in [-0.1, -0.05) is 17.7 Å². The van der Waals surface area contributed by atoms with Gasteiger partial charge in [-0.25, -0.2) is 0 Å². The third-order valence-electron chi connectivity index (χ3n) is 4.40. The van der Waals surface area contributed by atoms with Gasteiger partial charge in [-0.15, -0.1) is 0 Å². The summed E-state index contributed by atoms with van der Waals surface area (Å²) < 4.78 is 2.27. The van der Waals surface area contributed by atoms with Crippen LogP contribution in [0.4, 0.5) is 5.69 Å². The molecule has 0 aliphatic heterocycles. The Morgan fingerprint density at radius 3 is 2.25 bits per heavy atom. The second-order valence-corrected chi connectivity index (χ2v) is 6.60. The fourth-order valence-electron chi connectivity index (χ4n) is 2.85. The summed E-state index contributed by atoms with van der Waals surface area (Å²) in [5, 5.41) is 0.724. The summed E-state index contributed by atoms with van der Waals surface area (Å²) in [5.74, 6) is 0. The van der Waals surface area contributed by atoms with E-state index < -0.39 is 0 Å². The minimum Gasteiger partial charge on any atom is -0.318 e. The van der Waals surface area contributed by atoms with Crippen molar-refractivity contribution in [2.24, 2.45) is 4.99 Å². The van der Waals surface area contributed by atoms with Crippen LogP contribution >= 0.6 is 11.6 Å². The van der Waals surface area contributed by atoms with E-state index >= 15 is 0 Å². The molecule has 0 saturated heterocycles. The van der Waals surface area contributed by atoms with E-state index in [-0.39, 0.29) is 0 Å². The largest absolute Gasteiger partial charge is 0.318 e.